The predicted molar refractivity (Wildman–Crippen MR) is 135 cm³/mol. The number of nitrogen functional groups attached to an aromatic ring is 1. The number of nitrogens with two attached hydrogens (primary N) is 1. The number of aliphatic hydroxyl groups excluding tert-OH is 1. The summed E-state index contributed by atoms with van der Waals surface area (Å²) in [5, 5.41) is 24.7. The number of benzene rings is 1. The molecular weight excluding hydrogens is 531 g/mol. The Kier molecular flexibility index (Phi) is 10.7. The van der Waals surface area contributed by atoms with Crippen molar-refractivity contribution in [2.75, 3.05) is 19.5 Å². The van der Waals surface area contributed by atoms with Gasteiger partial charge in [-0.3, -0.25) is 13.9 Å². The summed E-state index contributed by atoms with van der Waals surface area (Å²) in [5.74, 6) is -0.680. The Hall–Kier alpha value is -2.51. The Balaban J connectivity index is 2.28. The van der Waals surface area contributed by atoms with E-state index in [1.807, 2.05) is 0 Å². The number of hydrogen-bond acceptors (Lipinski definition) is 11. The number of nitrogens with one attached hydrogen (secondary N) is 1. The lowest BCUT2D eigenvalue weighted by Crippen LogP contribution is -2.52. The van der Waals surface area contributed by atoms with E-state index in [9.17, 15) is 24.4 Å². The number of hydrogen-bond donors (Lipinski definition) is 4. The van der Waals surface area contributed by atoms with Gasteiger partial charge in [-0.2, -0.15) is 10.1 Å². The first-order valence-corrected chi connectivity index (χ1v) is 13.1. The molecule has 0 aliphatic carbocycles. The number of nitrogens with zero attached hydrogens (tertiary/aromatic N) is 2. The summed E-state index contributed by atoms with van der Waals surface area (Å²) in [6.07, 6.45) is -2.48. The van der Waals surface area contributed by atoms with E-state index >= 15 is 0 Å². The minimum Gasteiger partial charge on any atom is -0.462 e. The van der Waals surface area contributed by atoms with Gasteiger partial charge in [0, 0.05) is 18.3 Å². The standard InChI is InChI=1S/C22H32ClN4O9P/c1-13(2)35-19(28)14(3)26-37(32,36-16-8-6-15(23)7-9-16)34-12-17(33-5)22(4,31)20(29)27-11-10-18(24)25-21(27)30/h6-11,13-14,17,20,29,31H,12H2,1-5H3,(H,26,32)(H2,24,25,30)/t14-,17+,20+,22+,37?/m0/s1. The number of methoxy groups -OCH3 is 1. The molecule has 0 fully saturated rings. The van der Waals surface area contributed by atoms with E-state index in [0.717, 1.165) is 10.8 Å². The van der Waals surface area contributed by atoms with Crippen LogP contribution >= 0.6 is 19.3 Å². The molecule has 0 radical (unpaired) electrons. The zero-order valence-electron chi connectivity index (χ0n) is 21.0. The topological polar surface area (TPSA) is 184 Å². The first-order valence-electron chi connectivity index (χ1n) is 11.1. The van der Waals surface area contributed by atoms with Crippen molar-refractivity contribution in [3.63, 3.8) is 0 Å². The number of esters is 1. The average molecular weight is 563 g/mol. The lowest BCUT2D eigenvalue weighted by Gasteiger charge is -2.36. The molecule has 0 spiro atoms. The minimum absolute atomic E-state index is 0.0730. The molecular formula is C22H32ClN4O9P. The van der Waals surface area contributed by atoms with Gasteiger partial charge >= 0.3 is 19.4 Å². The predicted octanol–water partition coefficient (Wildman–Crippen LogP) is 1.87. The highest BCUT2D eigenvalue weighted by Crippen LogP contribution is 2.46. The zero-order chi connectivity index (χ0) is 28.0. The summed E-state index contributed by atoms with van der Waals surface area (Å²) in [4.78, 5) is 28.0. The number of carbonyl (C=O) groups is 1. The molecule has 2 rings (SSSR count). The van der Waals surface area contributed by atoms with Crippen LogP contribution in [0.5, 0.6) is 5.75 Å². The summed E-state index contributed by atoms with van der Waals surface area (Å²) in [6.45, 7) is 5.29. The Morgan fingerprint density at radius 1 is 1.27 bits per heavy atom. The Morgan fingerprint density at radius 2 is 1.89 bits per heavy atom. The summed E-state index contributed by atoms with van der Waals surface area (Å²) >= 11 is 5.89. The van der Waals surface area contributed by atoms with Gasteiger partial charge in [0.15, 0.2) is 6.23 Å². The van der Waals surface area contributed by atoms with Crippen molar-refractivity contribution >= 4 is 31.1 Å². The number of ether oxygens (including phenoxy) is 2. The van der Waals surface area contributed by atoms with Crippen LogP contribution in [0.25, 0.3) is 0 Å². The second-order valence-corrected chi connectivity index (χ2v) is 10.7. The molecule has 0 aliphatic rings. The van der Waals surface area contributed by atoms with Gasteiger partial charge < -0.3 is 29.9 Å². The fraction of sp³-hybridized carbons (Fsp3) is 0.500. The maximum atomic E-state index is 13.7. The number of carbonyl (C=O) groups excluding carboxylic acids is 1. The van der Waals surface area contributed by atoms with E-state index in [2.05, 4.69) is 10.1 Å². The van der Waals surface area contributed by atoms with Crippen molar-refractivity contribution in [1.82, 2.24) is 14.6 Å². The Bertz CT molecular complexity index is 1160. The highest BCUT2D eigenvalue weighted by atomic mass is 35.5. The molecule has 206 valence electrons. The van der Waals surface area contributed by atoms with E-state index < -0.39 is 56.1 Å². The van der Waals surface area contributed by atoms with Gasteiger partial charge in [-0.05, 0) is 58.0 Å². The molecule has 1 unspecified atom stereocenters. The number of halogens is 1. The van der Waals surface area contributed by atoms with Crippen LogP contribution in [0.15, 0.2) is 41.3 Å². The van der Waals surface area contributed by atoms with Gasteiger partial charge in [0.25, 0.3) is 0 Å². The molecule has 0 bridgehead atoms. The van der Waals surface area contributed by atoms with Gasteiger partial charge in [-0.1, -0.05) is 11.6 Å². The van der Waals surface area contributed by atoms with Crippen LogP contribution in [-0.2, 0) is 23.4 Å². The number of aliphatic hydroxyl groups is 2. The van der Waals surface area contributed by atoms with Gasteiger partial charge in [0.2, 0.25) is 0 Å². The first kappa shape index (κ1) is 30.7. The maximum absolute atomic E-state index is 13.7. The third-order valence-electron chi connectivity index (χ3n) is 5.07. The lowest BCUT2D eigenvalue weighted by atomic mass is 9.97. The third kappa shape index (κ3) is 8.50. The van der Waals surface area contributed by atoms with Gasteiger partial charge in [0.05, 0.1) is 12.7 Å². The normalized spacial score (nSPS) is 17.3. The summed E-state index contributed by atoms with van der Waals surface area (Å²) in [5.41, 5.74) is 2.39. The fourth-order valence-corrected chi connectivity index (χ4v) is 4.67. The summed E-state index contributed by atoms with van der Waals surface area (Å²) in [7, 11) is -3.12. The maximum Gasteiger partial charge on any atom is 0.459 e. The molecule has 0 aliphatic heterocycles. The van der Waals surface area contributed by atoms with Crippen molar-refractivity contribution in [2.45, 2.75) is 57.8 Å². The van der Waals surface area contributed by atoms with E-state index in [0.29, 0.717) is 5.02 Å². The average Bonchev–Trinajstić information content (AvgIpc) is 2.80. The van der Waals surface area contributed by atoms with Crippen LogP contribution in [0.4, 0.5) is 5.82 Å². The van der Waals surface area contributed by atoms with Crippen molar-refractivity contribution in [2.24, 2.45) is 0 Å². The van der Waals surface area contributed by atoms with E-state index in [1.165, 1.54) is 51.3 Å². The molecule has 0 saturated heterocycles. The molecule has 13 nitrogen and oxygen atoms in total. The van der Waals surface area contributed by atoms with E-state index in [-0.39, 0.29) is 11.6 Å². The monoisotopic (exact) mass is 562 g/mol. The largest absolute Gasteiger partial charge is 0.462 e. The smallest absolute Gasteiger partial charge is 0.459 e. The Labute approximate surface area is 219 Å². The molecule has 5 atom stereocenters. The van der Waals surface area contributed by atoms with Crippen LogP contribution in [-0.4, -0.2) is 63.3 Å². The van der Waals surface area contributed by atoms with Crippen molar-refractivity contribution in [1.29, 1.82) is 0 Å². The molecule has 5 N–H and O–H groups in total. The van der Waals surface area contributed by atoms with E-state index in [1.54, 1.807) is 13.8 Å². The lowest BCUT2D eigenvalue weighted by molar-refractivity contribution is -0.181. The van der Waals surface area contributed by atoms with Crippen molar-refractivity contribution < 1.29 is 38.1 Å². The summed E-state index contributed by atoms with van der Waals surface area (Å²) < 4.78 is 35.9. The molecule has 37 heavy (non-hydrogen) atoms. The molecule has 0 saturated carbocycles. The van der Waals surface area contributed by atoms with Crippen LogP contribution in [0.1, 0.15) is 33.9 Å². The van der Waals surface area contributed by atoms with E-state index in [4.69, 9.17) is 35.9 Å². The highest BCUT2D eigenvalue weighted by Gasteiger charge is 2.43. The van der Waals surface area contributed by atoms with Crippen molar-refractivity contribution in [3.05, 3.63) is 52.0 Å². The molecule has 1 aromatic heterocycles. The molecule has 15 heteroatoms. The third-order valence-corrected chi connectivity index (χ3v) is 6.96. The van der Waals surface area contributed by atoms with Crippen molar-refractivity contribution in [3.8, 4) is 5.75 Å². The molecule has 0 amide bonds. The van der Waals surface area contributed by atoms with Crippen LogP contribution in [0.2, 0.25) is 5.02 Å². The van der Waals surface area contributed by atoms with Gasteiger partial charge in [0.1, 0.15) is 29.3 Å². The number of aromatic nitrogens is 2. The number of rotatable bonds is 13. The Morgan fingerprint density at radius 3 is 2.43 bits per heavy atom. The first-order chi connectivity index (χ1) is 17.2. The second-order valence-electron chi connectivity index (χ2n) is 8.54. The summed E-state index contributed by atoms with van der Waals surface area (Å²) in [6, 6.07) is 6.00. The van der Waals surface area contributed by atoms with Gasteiger partial charge in [-0.15, -0.1) is 0 Å². The van der Waals surface area contributed by atoms with Crippen LogP contribution in [0, 0.1) is 0 Å². The fourth-order valence-electron chi connectivity index (χ4n) is 3.05. The van der Waals surface area contributed by atoms with Crippen LogP contribution in [0.3, 0.4) is 0 Å². The molecule has 1 aromatic carbocycles. The quantitative estimate of drug-likeness (QED) is 0.205. The molecule has 2 aromatic rings. The van der Waals surface area contributed by atoms with Gasteiger partial charge in [-0.25, -0.2) is 9.36 Å². The molecule has 1 heterocycles. The SMILES string of the molecule is CO[C@H](COP(=O)(N[C@@H](C)C(=O)OC(C)C)Oc1ccc(Cl)cc1)[C@@](C)(O)[C@@H](O)n1ccc(N)nc1=O. The highest BCUT2D eigenvalue weighted by molar-refractivity contribution is 7.52. The van der Waals surface area contributed by atoms with Crippen LogP contribution < -0.4 is 21.0 Å². The zero-order valence-corrected chi connectivity index (χ0v) is 22.7. The minimum atomic E-state index is -4.33. The second kappa shape index (κ2) is 12.8. The number of anilines is 1.